The van der Waals surface area contributed by atoms with Crippen LogP contribution in [0.3, 0.4) is 0 Å². The number of aromatic amines is 1. The topological polar surface area (TPSA) is 122 Å². The van der Waals surface area contributed by atoms with E-state index in [1.165, 1.54) is 18.2 Å². The zero-order valence-electron chi connectivity index (χ0n) is 15.2. The van der Waals surface area contributed by atoms with Gasteiger partial charge in [-0.25, -0.2) is 0 Å². The molecule has 0 saturated heterocycles. The van der Waals surface area contributed by atoms with Gasteiger partial charge in [-0.2, -0.15) is 18.3 Å². The number of rotatable bonds is 4. The second kappa shape index (κ2) is 7.66. The number of benzene rings is 2. The molecule has 0 fully saturated rings. The molecule has 1 aromatic heterocycles. The molecular weight excluding hydrogens is 385 g/mol. The number of carbonyl (C=O) groups excluding carboxylic acids is 1. The van der Waals surface area contributed by atoms with Crippen LogP contribution >= 0.6 is 0 Å². The van der Waals surface area contributed by atoms with Crippen molar-refractivity contribution in [3.8, 4) is 0 Å². The number of alkyl halides is 3. The summed E-state index contributed by atoms with van der Waals surface area (Å²) in [5, 5.41) is 10.4. The van der Waals surface area contributed by atoms with Crippen molar-refractivity contribution < 1.29 is 18.0 Å². The van der Waals surface area contributed by atoms with Crippen molar-refractivity contribution in [3.63, 3.8) is 0 Å². The second-order valence-corrected chi connectivity index (χ2v) is 6.19. The first kappa shape index (κ1) is 19.9. The van der Waals surface area contributed by atoms with Crippen LogP contribution in [0, 0.1) is 0 Å². The molecule has 29 heavy (non-hydrogen) atoms. The lowest BCUT2D eigenvalue weighted by Gasteiger charge is -2.07. The molecule has 0 unspecified atom stereocenters. The highest BCUT2D eigenvalue weighted by Crippen LogP contribution is 2.34. The molecule has 150 valence electrons. The number of guanidine groups is 1. The van der Waals surface area contributed by atoms with E-state index in [-0.39, 0.29) is 17.2 Å². The van der Waals surface area contributed by atoms with Gasteiger partial charge in [0.15, 0.2) is 0 Å². The van der Waals surface area contributed by atoms with Crippen LogP contribution in [0.15, 0.2) is 58.7 Å². The molecule has 0 aliphatic heterocycles. The van der Waals surface area contributed by atoms with Gasteiger partial charge >= 0.3 is 6.18 Å². The highest BCUT2D eigenvalue weighted by atomic mass is 19.4. The van der Waals surface area contributed by atoms with E-state index >= 15 is 0 Å². The number of nitrogens with two attached hydrogens (primary N) is 2. The molecule has 0 radical (unpaired) electrons. The fraction of sp³-hybridized carbons (Fsp3) is 0.105. The first-order chi connectivity index (χ1) is 13.6. The molecule has 1 amide bonds. The number of halogens is 3. The van der Waals surface area contributed by atoms with Crippen LogP contribution in [0.5, 0.6) is 0 Å². The summed E-state index contributed by atoms with van der Waals surface area (Å²) in [5.41, 5.74) is 11.3. The zero-order valence-corrected chi connectivity index (χ0v) is 15.2. The third-order valence-electron chi connectivity index (χ3n) is 4.08. The van der Waals surface area contributed by atoms with Crippen LogP contribution in [-0.2, 0) is 6.18 Å². The van der Waals surface area contributed by atoms with Crippen LogP contribution in [0.1, 0.15) is 28.5 Å². The lowest BCUT2D eigenvalue weighted by atomic mass is 10.1. The number of hydrogen-bond acceptors (Lipinski definition) is 3. The van der Waals surface area contributed by atoms with Crippen LogP contribution in [-0.4, -0.2) is 22.6 Å². The Morgan fingerprint density at radius 2 is 1.76 bits per heavy atom. The number of anilines is 1. The highest BCUT2D eigenvalue weighted by molar-refractivity contribution is 6.06. The van der Waals surface area contributed by atoms with E-state index in [2.05, 4.69) is 20.5 Å². The molecule has 0 bridgehead atoms. The van der Waals surface area contributed by atoms with Crippen molar-refractivity contribution in [2.75, 3.05) is 5.32 Å². The van der Waals surface area contributed by atoms with Gasteiger partial charge in [0.05, 0.1) is 16.8 Å². The molecule has 10 heteroatoms. The van der Waals surface area contributed by atoms with Crippen molar-refractivity contribution in [2.24, 2.45) is 21.7 Å². The number of aromatic nitrogens is 1. The minimum atomic E-state index is -4.52. The molecular formula is C19H17F3N6O. The van der Waals surface area contributed by atoms with Crippen LogP contribution in [0.25, 0.3) is 10.9 Å². The molecule has 3 rings (SSSR count). The van der Waals surface area contributed by atoms with E-state index in [1.54, 1.807) is 31.2 Å². The summed E-state index contributed by atoms with van der Waals surface area (Å²) in [6.45, 7) is 1.71. The Bertz CT molecular complexity index is 1110. The predicted octanol–water partition coefficient (Wildman–Crippen LogP) is 3.44. The Morgan fingerprint density at radius 1 is 1.07 bits per heavy atom. The van der Waals surface area contributed by atoms with Gasteiger partial charge in [-0.05, 0) is 36.8 Å². The molecule has 0 spiro atoms. The van der Waals surface area contributed by atoms with E-state index in [1.807, 2.05) is 0 Å². The minimum Gasteiger partial charge on any atom is -0.369 e. The number of para-hydroxylation sites is 1. The normalized spacial score (nSPS) is 12.1. The largest absolute Gasteiger partial charge is 0.418 e. The first-order valence-electron chi connectivity index (χ1n) is 8.39. The molecule has 3 aromatic rings. The maximum atomic E-state index is 13.1. The van der Waals surface area contributed by atoms with Gasteiger partial charge in [0, 0.05) is 11.1 Å². The number of carbonyl (C=O) groups is 1. The highest BCUT2D eigenvalue weighted by Gasteiger charge is 2.33. The van der Waals surface area contributed by atoms with Gasteiger partial charge in [0.2, 0.25) is 5.96 Å². The minimum absolute atomic E-state index is 0.0197. The Hall–Kier alpha value is -3.82. The van der Waals surface area contributed by atoms with E-state index in [0.717, 1.165) is 11.6 Å². The number of hydrogen-bond donors (Lipinski definition) is 4. The standard InChI is InChI=1S/C19H17F3N6O/c1-10(27-28-18(23)24)11-5-7-13(8-6-11)25-17(29)15-9-12-3-2-4-14(16(12)26-15)19(20,21)22/h2-9,26H,1H3,(H,25,29)(H4,23,24,28). The second-order valence-electron chi connectivity index (χ2n) is 6.19. The van der Waals surface area contributed by atoms with Crippen LogP contribution in [0.4, 0.5) is 18.9 Å². The maximum Gasteiger partial charge on any atom is 0.418 e. The molecule has 6 N–H and O–H groups in total. The summed E-state index contributed by atoms with van der Waals surface area (Å²) >= 11 is 0. The lowest BCUT2D eigenvalue weighted by Crippen LogP contribution is -2.22. The third kappa shape index (κ3) is 4.54. The van der Waals surface area contributed by atoms with Crippen molar-refractivity contribution in [2.45, 2.75) is 13.1 Å². The molecule has 0 aliphatic carbocycles. The van der Waals surface area contributed by atoms with Crippen molar-refractivity contribution in [3.05, 3.63) is 65.4 Å². The number of H-pyrrole nitrogens is 1. The van der Waals surface area contributed by atoms with Gasteiger partial charge < -0.3 is 21.8 Å². The van der Waals surface area contributed by atoms with Crippen LogP contribution in [0.2, 0.25) is 0 Å². The Kier molecular flexibility index (Phi) is 5.26. The molecule has 0 atom stereocenters. The van der Waals surface area contributed by atoms with Gasteiger partial charge in [-0.1, -0.05) is 24.3 Å². The number of amides is 1. The van der Waals surface area contributed by atoms with E-state index in [9.17, 15) is 18.0 Å². The monoisotopic (exact) mass is 402 g/mol. The Labute approximate surface area is 163 Å². The zero-order chi connectivity index (χ0) is 21.2. The van der Waals surface area contributed by atoms with Crippen molar-refractivity contribution >= 4 is 34.2 Å². The van der Waals surface area contributed by atoms with E-state index in [4.69, 9.17) is 11.5 Å². The number of nitrogens with one attached hydrogen (secondary N) is 2. The fourth-order valence-electron chi connectivity index (χ4n) is 2.70. The quantitative estimate of drug-likeness (QED) is 0.304. The summed E-state index contributed by atoms with van der Waals surface area (Å²) in [7, 11) is 0. The Morgan fingerprint density at radius 3 is 2.38 bits per heavy atom. The lowest BCUT2D eigenvalue weighted by molar-refractivity contribution is -0.136. The molecule has 0 saturated carbocycles. The SMILES string of the molecule is CC(=NN=C(N)N)c1ccc(NC(=O)c2cc3cccc(C(F)(F)F)c3[nH]2)cc1. The van der Waals surface area contributed by atoms with Crippen molar-refractivity contribution in [1.82, 2.24) is 4.98 Å². The fourth-order valence-corrected chi connectivity index (χ4v) is 2.70. The average Bonchev–Trinajstić information content (AvgIpc) is 3.10. The molecule has 0 aliphatic rings. The van der Waals surface area contributed by atoms with Crippen LogP contribution < -0.4 is 16.8 Å². The Balaban J connectivity index is 1.80. The van der Waals surface area contributed by atoms with Gasteiger partial charge in [0.25, 0.3) is 5.91 Å². The summed E-state index contributed by atoms with van der Waals surface area (Å²) in [5.74, 6) is -0.729. The van der Waals surface area contributed by atoms with Gasteiger partial charge in [0.1, 0.15) is 5.69 Å². The maximum absolute atomic E-state index is 13.1. The summed E-state index contributed by atoms with van der Waals surface area (Å²) in [4.78, 5) is 15.0. The van der Waals surface area contributed by atoms with Gasteiger partial charge in [-0.3, -0.25) is 4.79 Å². The third-order valence-corrected chi connectivity index (χ3v) is 4.08. The smallest absolute Gasteiger partial charge is 0.369 e. The average molecular weight is 402 g/mol. The molecule has 7 nitrogen and oxygen atoms in total. The van der Waals surface area contributed by atoms with E-state index < -0.39 is 17.6 Å². The summed E-state index contributed by atoms with van der Waals surface area (Å²) in [6.07, 6.45) is -4.52. The summed E-state index contributed by atoms with van der Waals surface area (Å²) < 4.78 is 39.4. The molecule has 2 aromatic carbocycles. The summed E-state index contributed by atoms with van der Waals surface area (Å²) in [6, 6.07) is 11.8. The number of fused-ring (bicyclic) bond motifs is 1. The van der Waals surface area contributed by atoms with E-state index in [0.29, 0.717) is 16.8 Å². The van der Waals surface area contributed by atoms with Gasteiger partial charge in [-0.15, -0.1) is 5.10 Å². The number of nitrogens with zero attached hydrogens (tertiary/aromatic N) is 2. The predicted molar refractivity (Wildman–Crippen MR) is 106 cm³/mol. The molecule has 1 heterocycles. The van der Waals surface area contributed by atoms with Crippen molar-refractivity contribution in [1.29, 1.82) is 0 Å². The first-order valence-corrected chi connectivity index (χ1v) is 8.39.